The second-order valence-corrected chi connectivity index (χ2v) is 4.50. The fourth-order valence-electron chi connectivity index (χ4n) is 1.88. The third-order valence-corrected chi connectivity index (χ3v) is 2.93. The Morgan fingerprint density at radius 2 is 1.90 bits per heavy atom. The number of aryl methyl sites for hydroxylation is 1. The summed E-state index contributed by atoms with van der Waals surface area (Å²) in [5.41, 5.74) is 14.3. The number of rotatable bonds is 3. The van der Waals surface area contributed by atoms with E-state index in [9.17, 15) is 4.79 Å². The van der Waals surface area contributed by atoms with Gasteiger partial charge in [-0.05, 0) is 42.8 Å². The van der Waals surface area contributed by atoms with E-state index in [-0.39, 0.29) is 5.91 Å². The summed E-state index contributed by atoms with van der Waals surface area (Å²) in [6.07, 6.45) is 0. The van der Waals surface area contributed by atoms with Crippen LogP contribution in [0.2, 0.25) is 0 Å². The van der Waals surface area contributed by atoms with Crippen molar-refractivity contribution < 1.29 is 9.53 Å². The maximum Gasteiger partial charge on any atom is 0.257 e. The van der Waals surface area contributed by atoms with E-state index in [1.807, 2.05) is 19.1 Å². The number of amides is 1. The van der Waals surface area contributed by atoms with Gasteiger partial charge in [0.25, 0.3) is 5.91 Å². The number of hydrogen-bond donors (Lipinski definition) is 3. The van der Waals surface area contributed by atoms with E-state index in [4.69, 9.17) is 16.2 Å². The van der Waals surface area contributed by atoms with Crippen LogP contribution in [0.3, 0.4) is 0 Å². The van der Waals surface area contributed by atoms with E-state index in [1.54, 1.807) is 31.4 Å². The molecule has 5 N–H and O–H groups in total. The quantitative estimate of drug-likeness (QED) is 0.748. The summed E-state index contributed by atoms with van der Waals surface area (Å²) < 4.78 is 5.25. The minimum Gasteiger partial charge on any atom is -0.495 e. The molecule has 5 heteroatoms. The van der Waals surface area contributed by atoms with Gasteiger partial charge in [0.15, 0.2) is 0 Å². The molecule has 0 fully saturated rings. The van der Waals surface area contributed by atoms with Crippen molar-refractivity contribution in [2.75, 3.05) is 23.9 Å². The molecule has 0 bridgehead atoms. The van der Waals surface area contributed by atoms with Gasteiger partial charge in [-0.2, -0.15) is 0 Å². The van der Waals surface area contributed by atoms with E-state index in [0.717, 1.165) is 5.56 Å². The zero-order chi connectivity index (χ0) is 14.7. The van der Waals surface area contributed by atoms with E-state index < -0.39 is 0 Å². The first kappa shape index (κ1) is 13.7. The molecule has 0 aliphatic rings. The Hall–Kier alpha value is -2.69. The molecule has 0 saturated carbocycles. The van der Waals surface area contributed by atoms with Crippen molar-refractivity contribution in [1.29, 1.82) is 0 Å². The molecular weight excluding hydrogens is 254 g/mol. The summed E-state index contributed by atoms with van der Waals surface area (Å²) in [7, 11) is 1.56. The molecule has 104 valence electrons. The lowest BCUT2D eigenvalue weighted by Crippen LogP contribution is -2.14. The number of benzene rings is 2. The highest BCUT2D eigenvalue weighted by Crippen LogP contribution is 2.26. The first-order valence-electron chi connectivity index (χ1n) is 6.12. The Morgan fingerprint density at radius 3 is 2.55 bits per heavy atom. The third kappa shape index (κ3) is 2.83. The number of ether oxygens (including phenoxy) is 1. The van der Waals surface area contributed by atoms with Crippen LogP contribution in [0.4, 0.5) is 17.1 Å². The molecule has 0 radical (unpaired) electrons. The maximum absolute atomic E-state index is 12.2. The molecule has 0 aromatic heterocycles. The van der Waals surface area contributed by atoms with Crippen molar-refractivity contribution in [3.05, 3.63) is 47.5 Å². The van der Waals surface area contributed by atoms with Gasteiger partial charge in [-0.1, -0.05) is 6.07 Å². The normalized spacial score (nSPS) is 10.1. The molecule has 2 aromatic carbocycles. The minimum atomic E-state index is -0.301. The average molecular weight is 271 g/mol. The zero-order valence-electron chi connectivity index (χ0n) is 11.4. The minimum absolute atomic E-state index is 0.301. The lowest BCUT2D eigenvalue weighted by molar-refractivity contribution is 0.102. The van der Waals surface area contributed by atoms with Crippen LogP contribution in [-0.2, 0) is 0 Å². The van der Waals surface area contributed by atoms with Crippen LogP contribution in [0.25, 0.3) is 0 Å². The standard InChI is InChI=1S/C15H17N3O2/c1-9-3-6-13(14(7-9)20-2)18-15(19)11-5-4-10(16)8-12(11)17/h3-8H,16-17H2,1-2H3,(H,18,19). The Kier molecular flexibility index (Phi) is 3.79. The van der Waals surface area contributed by atoms with Gasteiger partial charge >= 0.3 is 0 Å². The third-order valence-electron chi connectivity index (χ3n) is 2.93. The molecule has 0 atom stereocenters. The first-order valence-corrected chi connectivity index (χ1v) is 6.12. The summed E-state index contributed by atoms with van der Waals surface area (Å²) in [6.45, 7) is 1.95. The summed E-state index contributed by atoms with van der Waals surface area (Å²) in [5, 5.41) is 2.78. The predicted octanol–water partition coefficient (Wildman–Crippen LogP) is 2.42. The fraction of sp³-hybridized carbons (Fsp3) is 0.133. The SMILES string of the molecule is COc1cc(C)ccc1NC(=O)c1ccc(N)cc1N. The van der Waals surface area contributed by atoms with Crippen molar-refractivity contribution in [3.63, 3.8) is 0 Å². The number of hydrogen-bond acceptors (Lipinski definition) is 4. The summed E-state index contributed by atoms with van der Waals surface area (Å²) in [5.74, 6) is 0.303. The van der Waals surface area contributed by atoms with Crippen LogP contribution < -0.4 is 21.5 Å². The van der Waals surface area contributed by atoms with Gasteiger partial charge in [0.1, 0.15) is 5.75 Å². The maximum atomic E-state index is 12.2. The van der Waals surface area contributed by atoms with E-state index >= 15 is 0 Å². The number of nitrogen functional groups attached to an aromatic ring is 2. The molecule has 0 aliphatic carbocycles. The van der Waals surface area contributed by atoms with E-state index in [1.165, 1.54) is 0 Å². The smallest absolute Gasteiger partial charge is 0.257 e. The molecule has 1 amide bonds. The van der Waals surface area contributed by atoms with Crippen molar-refractivity contribution in [2.24, 2.45) is 0 Å². The van der Waals surface area contributed by atoms with Crippen LogP contribution in [-0.4, -0.2) is 13.0 Å². The molecular formula is C15H17N3O2. The number of methoxy groups -OCH3 is 1. The molecule has 2 rings (SSSR count). The molecule has 0 heterocycles. The van der Waals surface area contributed by atoms with Gasteiger partial charge in [-0.3, -0.25) is 4.79 Å². The molecule has 0 aliphatic heterocycles. The summed E-state index contributed by atoms with van der Waals surface area (Å²) in [4.78, 5) is 12.2. The van der Waals surface area contributed by atoms with Crippen LogP contribution in [0, 0.1) is 6.92 Å². The Labute approximate surface area is 117 Å². The lowest BCUT2D eigenvalue weighted by Gasteiger charge is -2.12. The van der Waals surface area contributed by atoms with Gasteiger partial charge < -0.3 is 21.5 Å². The van der Waals surface area contributed by atoms with Crippen LogP contribution in [0.1, 0.15) is 15.9 Å². The molecule has 0 unspecified atom stereocenters. The summed E-state index contributed by atoms with van der Waals surface area (Å²) in [6, 6.07) is 10.3. The Morgan fingerprint density at radius 1 is 1.15 bits per heavy atom. The molecule has 0 spiro atoms. The highest BCUT2D eigenvalue weighted by molar-refractivity contribution is 6.08. The van der Waals surface area contributed by atoms with Crippen molar-refractivity contribution >= 4 is 23.0 Å². The van der Waals surface area contributed by atoms with Crippen molar-refractivity contribution in [2.45, 2.75) is 6.92 Å². The fourth-order valence-corrected chi connectivity index (χ4v) is 1.88. The number of nitrogens with two attached hydrogens (primary N) is 2. The van der Waals surface area contributed by atoms with Gasteiger partial charge in [0.05, 0.1) is 18.4 Å². The predicted molar refractivity (Wildman–Crippen MR) is 81.0 cm³/mol. The Balaban J connectivity index is 2.28. The largest absolute Gasteiger partial charge is 0.495 e. The van der Waals surface area contributed by atoms with Crippen molar-refractivity contribution in [1.82, 2.24) is 0 Å². The Bertz CT molecular complexity index is 654. The van der Waals surface area contributed by atoms with Gasteiger partial charge in [-0.15, -0.1) is 0 Å². The van der Waals surface area contributed by atoms with Gasteiger partial charge in [-0.25, -0.2) is 0 Å². The number of carbonyl (C=O) groups excluding carboxylic acids is 1. The molecule has 20 heavy (non-hydrogen) atoms. The second kappa shape index (κ2) is 5.52. The van der Waals surface area contributed by atoms with Crippen LogP contribution in [0.5, 0.6) is 5.75 Å². The topological polar surface area (TPSA) is 90.4 Å². The highest BCUT2D eigenvalue weighted by atomic mass is 16.5. The highest BCUT2D eigenvalue weighted by Gasteiger charge is 2.12. The zero-order valence-corrected chi connectivity index (χ0v) is 11.4. The number of carbonyl (C=O) groups is 1. The van der Waals surface area contributed by atoms with Gasteiger partial charge in [0.2, 0.25) is 0 Å². The number of nitrogens with one attached hydrogen (secondary N) is 1. The average Bonchev–Trinajstić information content (AvgIpc) is 2.40. The monoisotopic (exact) mass is 271 g/mol. The van der Waals surface area contributed by atoms with Crippen LogP contribution in [0.15, 0.2) is 36.4 Å². The first-order chi connectivity index (χ1) is 9.51. The number of anilines is 3. The summed E-state index contributed by atoms with van der Waals surface area (Å²) >= 11 is 0. The van der Waals surface area contributed by atoms with Crippen LogP contribution >= 0.6 is 0 Å². The van der Waals surface area contributed by atoms with E-state index in [2.05, 4.69) is 5.32 Å². The van der Waals surface area contributed by atoms with Gasteiger partial charge in [0, 0.05) is 11.4 Å². The molecule has 2 aromatic rings. The molecule has 5 nitrogen and oxygen atoms in total. The lowest BCUT2D eigenvalue weighted by atomic mass is 10.1. The molecule has 0 saturated heterocycles. The second-order valence-electron chi connectivity index (χ2n) is 4.50. The van der Waals surface area contributed by atoms with E-state index in [0.29, 0.717) is 28.4 Å². The van der Waals surface area contributed by atoms with Crippen molar-refractivity contribution in [3.8, 4) is 5.75 Å².